The molecule has 0 spiro atoms. The molecule has 370 valence electrons. The van der Waals surface area contributed by atoms with E-state index in [-0.39, 0.29) is 27.7 Å². The topological polar surface area (TPSA) is 275 Å². The van der Waals surface area contributed by atoms with E-state index in [4.69, 9.17) is 9.97 Å². The molecule has 8 bridgehead atoms. The molecule has 0 saturated carbocycles. The van der Waals surface area contributed by atoms with E-state index in [0.29, 0.717) is 102 Å². The van der Waals surface area contributed by atoms with Crippen LogP contribution >= 0.6 is 127 Å². The summed E-state index contributed by atoms with van der Waals surface area (Å²) in [6, 6.07) is 21.4. The lowest BCUT2D eigenvalue weighted by molar-refractivity contribution is 0.481. The summed E-state index contributed by atoms with van der Waals surface area (Å²) in [5.41, 5.74) is 5.25. The minimum atomic E-state index is -4.65. The summed E-state index contributed by atoms with van der Waals surface area (Å²) in [4.78, 5) is 15.9. The van der Waals surface area contributed by atoms with E-state index in [2.05, 4.69) is 137 Å². The Morgan fingerprint density at radius 3 is 0.736 bits per heavy atom. The fourth-order valence-electron chi connectivity index (χ4n) is 7.87. The van der Waals surface area contributed by atoms with E-state index in [1.165, 1.54) is 97.1 Å². The van der Waals surface area contributed by atoms with Crippen molar-refractivity contribution in [2.75, 3.05) is 0 Å². The number of hydrogen-bond acceptors (Lipinski definition) is 10. The number of halogens is 8. The molecule has 0 unspecified atom stereocenters. The predicted octanol–water partition coefficient (Wildman–Crippen LogP) is 14.3. The lowest BCUT2D eigenvalue weighted by atomic mass is 10.0. The van der Waals surface area contributed by atoms with Crippen LogP contribution in [0.1, 0.15) is 22.8 Å². The minimum Gasteiger partial charge on any atom is -0.352 e. The molecule has 2 aliphatic rings. The monoisotopic (exact) mass is 1560 g/mol. The van der Waals surface area contributed by atoms with E-state index >= 15 is 0 Å². The fraction of sp³-hybridized carbons (Fsp3) is 0. The molecule has 28 heteroatoms. The Morgan fingerprint density at radius 1 is 0.306 bits per heavy atom. The predicted molar refractivity (Wildman–Crippen MR) is 302 cm³/mol. The van der Waals surface area contributed by atoms with Crippen LogP contribution in [0, 0.1) is 0 Å². The minimum absolute atomic E-state index is 0.228. The second-order valence-corrected chi connectivity index (χ2v) is 27.4. The second kappa shape index (κ2) is 19.5. The molecule has 72 heavy (non-hydrogen) atoms. The molecule has 0 amide bonds. The number of aromatic amines is 2. The molecule has 0 radical (unpaired) electrons. The van der Waals surface area contributed by atoms with Gasteiger partial charge in [0.2, 0.25) is 0 Å². The smallest absolute Gasteiger partial charge is 0.294 e. The third-order valence-electron chi connectivity index (χ3n) is 11.1. The first-order valence-electron chi connectivity index (χ1n) is 19.6. The highest BCUT2D eigenvalue weighted by Gasteiger charge is 2.32. The highest BCUT2D eigenvalue weighted by molar-refractivity contribution is 9.18. The third-order valence-corrected chi connectivity index (χ3v) is 23.0. The van der Waals surface area contributed by atoms with Crippen LogP contribution in [0.2, 0.25) is 0 Å². The van der Waals surface area contributed by atoms with Crippen LogP contribution in [-0.4, -0.2) is 71.8 Å². The Morgan fingerprint density at radius 2 is 0.500 bits per heavy atom. The molecular formula is C44H22Br8N4O12S4. The molecule has 5 heterocycles. The molecule has 7 aromatic rings. The summed E-state index contributed by atoms with van der Waals surface area (Å²) in [7, 11) is -18.6. The van der Waals surface area contributed by atoms with Crippen LogP contribution in [0.3, 0.4) is 0 Å². The summed E-state index contributed by atoms with van der Waals surface area (Å²) in [5, 5.41) is 0. The average molecular weight is 1570 g/mol. The first kappa shape index (κ1) is 53.8. The van der Waals surface area contributed by atoms with Gasteiger partial charge in [0.05, 0.1) is 100 Å². The van der Waals surface area contributed by atoms with Crippen molar-refractivity contribution in [2.24, 2.45) is 0 Å². The Balaban J connectivity index is 1.59. The van der Waals surface area contributed by atoms with E-state index < -0.39 is 55.2 Å². The van der Waals surface area contributed by atoms with Gasteiger partial charge in [-0.2, -0.15) is 33.7 Å². The number of fused-ring (bicyclic) bond motifs is 8. The molecule has 6 N–H and O–H groups in total. The van der Waals surface area contributed by atoms with Gasteiger partial charge in [0.15, 0.2) is 0 Å². The summed E-state index contributed by atoms with van der Waals surface area (Å²) in [6.07, 6.45) is 0. The fourth-order valence-corrected chi connectivity index (χ4v) is 13.7. The van der Waals surface area contributed by atoms with Crippen LogP contribution < -0.4 is 0 Å². The van der Waals surface area contributed by atoms with E-state index in [9.17, 15) is 51.9 Å². The van der Waals surface area contributed by atoms with Gasteiger partial charge in [-0.3, -0.25) is 18.2 Å². The van der Waals surface area contributed by atoms with Crippen molar-refractivity contribution in [3.8, 4) is 44.5 Å². The molecule has 4 aromatic carbocycles. The molecular weight excluding hydrogens is 1540 g/mol. The van der Waals surface area contributed by atoms with Gasteiger partial charge < -0.3 is 9.97 Å². The number of aromatic nitrogens is 4. The number of nitrogens with one attached hydrogen (secondary N) is 2. The highest BCUT2D eigenvalue weighted by Crippen LogP contribution is 2.53. The zero-order chi connectivity index (χ0) is 52.3. The molecule has 0 atom stereocenters. The van der Waals surface area contributed by atoms with Crippen molar-refractivity contribution >= 4 is 208 Å². The van der Waals surface area contributed by atoms with Crippen molar-refractivity contribution in [3.05, 3.63) is 138 Å². The van der Waals surface area contributed by atoms with Crippen LogP contribution in [0.15, 0.2) is 135 Å². The van der Waals surface area contributed by atoms with Gasteiger partial charge in [-0.15, -0.1) is 0 Å². The molecule has 2 aliphatic heterocycles. The number of benzene rings is 4. The van der Waals surface area contributed by atoms with Crippen LogP contribution in [0.25, 0.3) is 84.5 Å². The Hall–Kier alpha value is -3.04. The Kier molecular flexibility index (Phi) is 14.6. The van der Waals surface area contributed by atoms with Gasteiger partial charge in [0.25, 0.3) is 40.5 Å². The highest BCUT2D eigenvalue weighted by atomic mass is 79.9. The van der Waals surface area contributed by atoms with Crippen LogP contribution in [-0.2, 0) is 40.5 Å². The average Bonchev–Trinajstić information content (AvgIpc) is 3.97. The standard InChI is InChI=1S/C44H22Br8N4O12S4/c45-29-31(47)39-26(18-3-11-22(12-4-18)70(60,61)62)41-33(49)35(51)43(55-41)28(20-7-15-24(16-8-20)72(66,67)68)44-36(52)34(50)42(56-44)27(19-5-13-23(14-6-19)71(63,64)65)40-32(48)30(46)38(54-40)25(37(29)53-39)17-1-9-21(10-2-17)69(57,58)59/h1-16,53-54H,(H,57,58,59)(H,60,61,62)(H,63,64,65)(H,66,67,68). The number of nitrogens with zero attached hydrogens (tertiary/aromatic N) is 2. The Labute approximate surface area is 475 Å². The summed E-state index contributed by atoms with van der Waals surface area (Å²) in [6.45, 7) is 0. The summed E-state index contributed by atoms with van der Waals surface area (Å²) in [5.74, 6) is 0. The maximum absolute atomic E-state index is 12.3. The lowest BCUT2D eigenvalue weighted by Crippen LogP contribution is -1.98. The quantitative estimate of drug-likeness (QED) is 0.0772. The van der Waals surface area contributed by atoms with Gasteiger partial charge in [-0.1, -0.05) is 48.5 Å². The van der Waals surface area contributed by atoms with Gasteiger partial charge in [0, 0.05) is 22.3 Å². The zero-order valence-corrected chi connectivity index (χ0v) is 50.8. The summed E-state index contributed by atoms with van der Waals surface area (Å²) >= 11 is 30.2. The van der Waals surface area contributed by atoms with Crippen molar-refractivity contribution < 1.29 is 51.9 Å². The lowest BCUT2D eigenvalue weighted by Gasteiger charge is -2.09. The molecule has 3 aromatic heterocycles. The number of rotatable bonds is 8. The maximum atomic E-state index is 12.3. The Bertz CT molecular complexity index is 4070. The van der Waals surface area contributed by atoms with Gasteiger partial charge in [0.1, 0.15) is 0 Å². The third kappa shape index (κ3) is 9.74. The van der Waals surface area contributed by atoms with Gasteiger partial charge >= 0.3 is 0 Å². The normalized spacial score (nSPS) is 13.6. The zero-order valence-electron chi connectivity index (χ0n) is 34.8. The SMILES string of the molecule is O=S(=O)(O)c1ccc(-c2c3nc(c(-c4ccc(S(=O)(=O)O)cc4)c4[nH]c(c(Br)c4Br)c(-c4ccc(S(=O)(=O)O)cc4)c4[nH]c(c(Br)c4Br)c(-c4ccc(S(=O)(=O)O)cc4)c4nc2C(Br)=C4Br)C(Br)=C3Br)cc1. The van der Waals surface area contributed by atoms with E-state index in [1.807, 2.05) is 0 Å². The maximum Gasteiger partial charge on any atom is 0.294 e. The number of H-pyrrole nitrogens is 2. The van der Waals surface area contributed by atoms with Gasteiger partial charge in [-0.05, 0) is 198 Å². The van der Waals surface area contributed by atoms with Gasteiger partial charge in [-0.25, -0.2) is 9.97 Å². The van der Waals surface area contributed by atoms with Crippen LogP contribution in [0.5, 0.6) is 0 Å². The van der Waals surface area contributed by atoms with Crippen molar-refractivity contribution in [1.82, 2.24) is 19.9 Å². The van der Waals surface area contributed by atoms with Crippen molar-refractivity contribution in [3.63, 3.8) is 0 Å². The first-order valence-corrected chi connectivity index (χ1v) is 31.7. The number of hydrogen-bond donors (Lipinski definition) is 6. The van der Waals surface area contributed by atoms with E-state index in [0.717, 1.165) is 0 Å². The molecule has 0 aliphatic carbocycles. The molecule has 0 saturated heterocycles. The van der Waals surface area contributed by atoms with Crippen molar-refractivity contribution in [2.45, 2.75) is 19.6 Å². The van der Waals surface area contributed by atoms with Crippen molar-refractivity contribution in [1.29, 1.82) is 0 Å². The van der Waals surface area contributed by atoms with Crippen LogP contribution in [0.4, 0.5) is 0 Å². The van der Waals surface area contributed by atoms with E-state index in [1.54, 1.807) is 0 Å². The molecule has 16 nitrogen and oxygen atoms in total. The first-order chi connectivity index (χ1) is 33.6. The summed E-state index contributed by atoms with van der Waals surface area (Å²) < 4.78 is 141. The largest absolute Gasteiger partial charge is 0.352 e. The molecule has 0 fully saturated rings. The second-order valence-electron chi connectivity index (χ2n) is 15.4. The molecule has 9 rings (SSSR count).